The molecule has 17 heavy (non-hydrogen) atoms. The fraction of sp³-hybridized carbons (Fsp3) is 1.00. The summed E-state index contributed by atoms with van der Waals surface area (Å²) in [4.78, 5) is 0. The van der Waals surface area contributed by atoms with Gasteiger partial charge in [0, 0.05) is 0 Å². The van der Waals surface area contributed by atoms with Crippen molar-refractivity contribution >= 4 is 0 Å². The molecular weight excluding hydrogens is 210 g/mol. The van der Waals surface area contributed by atoms with Gasteiger partial charge in [0.25, 0.3) is 0 Å². The van der Waals surface area contributed by atoms with E-state index >= 15 is 0 Å². The molecule has 0 aromatic carbocycles. The molecule has 2 rings (SSSR count). The second-order valence-electron chi connectivity index (χ2n) is 7.22. The van der Waals surface area contributed by atoms with Gasteiger partial charge in [0.2, 0.25) is 0 Å². The maximum absolute atomic E-state index is 6.08. The first-order valence-corrected chi connectivity index (χ1v) is 7.30. The number of nitrogens with two attached hydrogens (primary N) is 1. The maximum atomic E-state index is 6.08. The summed E-state index contributed by atoms with van der Waals surface area (Å²) in [5.41, 5.74) is 6.99. The molecule has 2 unspecified atom stereocenters. The van der Waals surface area contributed by atoms with E-state index in [-0.39, 0.29) is 0 Å². The molecule has 0 bridgehead atoms. The Kier molecular flexibility index (Phi) is 3.84. The Balaban J connectivity index is 1.92. The summed E-state index contributed by atoms with van der Waals surface area (Å²) in [6, 6.07) is 0. The fourth-order valence-corrected chi connectivity index (χ4v) is 3.47. The van der Waals surface area contributed by atoms with Crippen LogP contribution in [0.15, 0.2) is 0 Å². The molecule has 2 aliphatic rings. The van der Waals surface area contributed by atoms with E-state index < -0.39 is 0 Å². The van der Waals surface area contributed by atoms with Gasteiger partial charge >= 0.3 is 0 Å². The Bertz CT molecular complexity index is 252. The molecule has 0 aromatic heterocycles. The molecule has 1 aliphatic carbocycles. The smallest absolute Gasteiger partial charge is 0.0585 e. The highest BCUT2D eigenvalue weighted by Gasteiger charge is 2.40. The molecule has 2 heteroatoms. The lowest BCUT2D eigenvalue weighted by Crippen LogP contribution is -2.39. The SMILES string of the molecule is CC1CCC(CC2(CN)CCC(C)(C)CC2)O1. The van der Waals surface area contributed by atoms with Crippen molar-refractivity contribution < 1.29 is 4.74 Å². The standard InChI is InChI=1S/C15H29NO/c1-12-4-5-13(17-12)10-15(11-16)8-6-14(2,3)7-9-15/h12-13H,4-11,16H2,1-3H3. The van der Waals surface area contributed by atoms with E-state index in [0.29, 0.717) is 23.0 Å². The molecule has 0 aromatic rings. The summed E-state index contributed by atoms with van der Waals surface area (Å²) in [7, 11) is 0. The first kappa shape index (κ1) is 13.4. The Morgan fingerprint density at radius 3 is 2.24 bits per heavy atom. The molecule has 1 saturated heterocycles. The third kappa shape index (κ3) is 3.23. The second kappa shape index (κ2) is 4.89. The summed E-state index contributed by atoms with van der Waals surface area (Å²) >= 11 is 0. The molecule has 1 heterocycles. The van der Waals surface area contributed by atoms with Crippen LogP contribution >= 0.6 is 0 Å². The highest BCUT2D eigenvalue weighted by atomic mass is 16.5. The second-order valence-corrected chi connectivity index (χ2v) is 7.22. The Morgan fingerprint density at radius 2 is 1.76 bits per heavy atom. The van der Waals surface area contributed by atoms with Gasteiger partial charge in [-0.1, -0.05) is 13.8 Å². The molecule has 100 valence electrons. The maximum Gasteiger partial charge on any atom is 0.0585 e. The van der Waals surface area contributed by atoms with Crippen LogP contribution in [0.1, 0.15) is 65.7 Å². The van der Waals surface area contributed by atoms with Crippen LogP contribution in [-0.2, 0) is 4.74 Å². The summed E-state index contributed by atoms with van der Waals surface area (Å²) in [5, 5.41) is 0. The predicted molar refractivity (Wildman–Crippen MR) is 71.9 cm³/mol. The van der Waals surface area contributed by atoms with Gasteiger partial charge in [0.1, 0.15) is 0 Å². The molecule has 2 fully saturated rings. The predicted octanol–water partition coefficient (Wildman–Crippen LogP) is 3.49. The molecule has 0 amide bonds. The molecule has 0 spiro atoms. The number of rotatable bonds is 3. The van der Waals surface area contributed by atoms with Crippen LogP contribution in [0.5, 0.6) is 0 Å². The van der Waals surface area contributed by atoms with Gasteiger partial charge in [-0.05, 0) is 69.2 Å². The van der Waals surface area contributed by atoms with Crippen LogP contribution in [0.2, 0.25) is 0 Å². The van der Waals surface area contributed by atoms with Gasteiger partial charge in [-0.2, -0.15) is 0 Å². The van der Waals surface area contributed by atoms with Gasteiger partial charge in [-0.15, -0.1) is 0 Å². The van der Waals surface area contributed by atoms with E-state index in [9.17, 15) is 0 Å². The molecule has 0 radical (unpaired) electrons. The quantitative estimate of drug-likeness (QED) is 0.818. The van der Waals surface area contributed by atoms with E-state index in [2.05, 4.69) is 20.8 Å². The highest BCUT2D eigenvalue weighted by Crippen LogP contribution is 2.48. The van der Waals surface area contributed by atoms with Crippen molar-refractivity contribution in [3.63, 3.8) is 0 Å². The van der Waals surface area contributed by atoms with E-state index in [1.807, 2.05) is 0 Å². The zero-order chi connectivity index (χ0) is 12.5. The molecule has 2 nitrogen and oxygen atoms in total. The minimum absolute atomic E-state index is 0.379. The average Bonchev–Trinajstić information content (AvgIpc) is 2.68. The van der Waals surface area contributed by atoms with Crippen molar-refractivity contribution in [3.8, 4) is 0 Å². The van der Waals surface area contributed by atoms with Crippen LogP contribution < -0.4 is 5.73 Å². The molecule has 2 atom stereocenters. The lowest BCUT2D eigenvalue weighted by atomic mass is 9.63. The lowest BCUT2D eigenvalue weighted by molar-refractivity contribution is 0.000861. The largest absolute Gasteiger partial charge is 0.375 e. The van der Waals surface area contributed by atoms with Crippen LogP contribution in [0.25, 0.3) is 0 Å². The van der Waals surface area contributed by atoms with Crippen molar-refractivity contribution in [3.05, 3.63) is 0 Å². The van der Waals surface area contributed by atoms with Crippen molar-refractivity contribution in [2.75, 3.05) is 6.54 Å². The number of hydrogen-bond acceptors (Lipinski definition) is 2. The van der Waals surface area contributed by atoms with Gasteiger partial charge in [-0.3, -0.25) is 0 Å². The van der Waals surface area contributed by atoms with Crippen molar-refractivity contribution in [1.29, 1.82) is 0 Å². The fourth-order valence-electron chi connectivity index (χ4n) is 3.47. The van der Waals surface area contributed by atoms with Gasteiger partial charge in [-0.25, -0.2) is 0 Å². The van der Waals surface area contributed by atoms with Crippen LogP contribution in [0.4, 0.5) is 0 Å². The molecule has 1 aliphatic heterocycles. The zero-order valence-electron chi connectivity index (χ0n) is 11.8. The normalized spacial score (nSPS) is 36.0. The summed E-state index contributed by atoms with van der Waals surface area (Å²) in [6.45, 7) is 7.82. The minimum Gasteiger partial charge on any atom is -0.375 e. The topological polar surface area (TPSA) is 35.2 Å². The van der Waals surface area contributed by atoms with E-state index in [1.54, 1.807) is 0 Å². The third-order valence-corrected chi connectivity index (χ3v) is 5.08. The summed E-state index contributed by atoms with van der Waals surface area (Å²) in [5.74, 6) is 0. The highest BCUT2D eigenvalue weighted by molar-refractivity contribution is 4.92. The van der Waals surface area contributed by atoms with Gasteiger partial charge < -0.3 is 10.5 Å². The van der Waals surface area contributed by atoms with Crippen LogP contribution in [0, 0.1) is 10.8 Å². The monoisotopic (exact) mass is 239 g/mol. The van der Waals surface area contributed by atoms with Gasteiger partial charge in [0.05, 0.1) is 12.2 Å². The van der Waals surface area contributed by atoms with E-state index in [4.69, 9.17) is 10.5 Å². The average molecular weight is 239 g/mol. The molecule has 2 N–H and O–H groups in total. The van der Waals surface area contributed by atoms with Gasteiger partial charge in [0.15, 0.2) is 0 Å². The number of ether oxygens (including phenoxy) is 1. The number of hydrogen-bond donors (Lipinski definition) is 1. The molecular formula is C15H29NO. The van der Waals surface area contributed by atoms with Crippen molar-refractivity contribution in [2.45, 2.75) is 77.9 Å². The Hall–Kier alpha value is -0.0800. The lowest BCUT2D eigenvalue weighted by Gasteiger charge is -2.44. The first-order chi connectivity index (χ1) is 7.95. The van der Waals surface area contributed by atoms with E-state index in [1.165, 1.54) is 44.9 Å². The Labute approximate surface area is 106 Å². The summed E-state index contributed by atoms with van der Waals surface area (Å²) < 4.78 is 5.99. The van der Waals surface area contributed by atoms with Crippen molar-refractivity contribution in [2.24, 2.45) is 16.6 Å². The third-order valence-electron chi connectivity index (χ3n) is 5.08. The minimum atomic E-state index is 0.379. The Morgan fingerprint density at radius 1 is 1.12 bits per heavy atom. The van der Waals surface area contributed by atoms with Crippen molar-refractivity contribution in [1.82, 2.24) is 0 Å². The van der Waals surface area contributed by atoms with Crippen LogP contribution in [0.3, 0.4) is 0 Å². The molecule has 1 saturated carbocycles. The van der Waals surface area contributed by atoms with Crippen LogP contribution in [-0.4, -0.2) is 18.8 Å². The summed E-state index contributed by atoms with van der Waals surface area (Å²) in [6.07, 6.45) is 9.87. The first-order valence-electron chi connectivity index (χ1n) is 7.30. The zero-order valence-corrected chi connectivity index (χ0v) is 11.8. The van der Waals surface area contributed by atoms with E-state index in [0.717, 1.165) is 6.54 Å².